The lowest BCUT2D eigenvalue weighted by molar-refractivity contribution is 0.161. The molecule has 0 saturated heterocycles. The lowest BCUT2D eigenvalue weighted by atomic mass is 10.0. The van der Waals surface area contributed by atoms with E-state index in [4.69, 9.17) is 9.79 Å². The van der Waals surface area contributed by atoms with Crippen LogP contribution in [0.2, 0.25) is 0 Å². The van der Waals surface area contributed by atoms with E-state index < -0.39 is 7.82 Å². The van der Waals surface area contributed by atoms with E-state index in [0.717, 1.165) is 25.7 Å². The molecule has 2 N–H and O–H groups in total. The molecule has 0 heterocycles. The largest absolute Gasteiger partial charge is 0.469 e. The standard InChI is InChI=1S/C8H19O4P/c1-3-5-6-8(4-2)7-12-13(9,10)11/h8H,3-7H2,1-2H3,(H2,9,10,11)/t8-/m0/s1. The van der Waals surface area contributed by atoms with Gasteiger partial charge in [0.1, 0.15) is 0 Å². The van der Waals surface area contributed by atoms with E-state index in [9.17, 15) is 4.57 Å². The first kappa shape index (κ1) is 13.1. The zero-order chi connectivity index (χ0) is 10.3. The van der Waals surface area contributed by atoms with Crippen molar-refractivity contribution in [2.75, 3.05) is 6.61 Å². The summed E-state index contributed by atoms with van der Waals surface area (Å²) in [6, 6.07) is 0. The predicted octanol–water partition coefficient (Wildman–Crippen LogP) is 2.31. The van der Waals surface area contributed by atoms with Crippen LogP contribution in [0.15, 0.2) is 0 Å². The average Bonchev–Trinajstić information content (AvgIpc) is 2.03. The second kappa shape index (κ2) is 6.55. The zero-order valence-corrected chi connectivity index (χ0v) is 9.17. The first-order valence-corrected chi connectivity index (χ1v) is 6.22. The molecule has 0 aromatic carbocycles. The first-order valence-electron chi connectivity index (χ1n) is 4.69. The molecule has 0 aliphatic rings. The molecule has 0 fully saturated rings. The molecule has 5 heteroatoms. The smallest absolute Gasteiger partial charge is 0.303 e. The van der Waals surface area contributed by atoms with E-state index in [1.165, 1.54) is 0 Å². The molecule has 0 aromatic heterocycles. The summed E-state index contributed by atoms with van der Waals surface area (Å²) >= 11 is 0. The van der Waals surface area contributed by atoms with E-state index in [-0.39, 0.29) is 12.5 Å². The van der Waals surface area contributed by atoms with Crippen LogP contribution in [0.3, 0.4) is 0 Å². The molecule has 4 nitrogen and oxygen atoms in total. The Morgan fingerprint density at radius 2 is 2.00 bits per heavy atom. The van der Waals surface area contributed by atoms with Crippen molar-refractivity contribution < 1.29 is 18.9 Å². The highest BCUT2D eigenvalue weighted by atomic mass is 31.2. The Labute approximate surface area is 79.5 Å². The minimum absolute atomic E-state index is 0.167. The van der Waals surface area contributed by atoms with E-state index in [1.54, 1.807) is 0 Å². The fraction of sp³-hybridized carbons (Fsp3) is 1.00. The van der Waals surface area contributed by atoms with Crippen molar-refractivity contribution >= 4 is 7.82 Å². The van der Waals surface area contributed by atoms with Crippen LogP contribution in [0.4, 0.5) is 0 Å². The van der Waals surface area contributed by atoms with Crippen molar-refractivity contribution in [3.63, 3.8) is 0 Å². The van der Waals surface area contributed by atoms with Gasteiger partial charge in [0.15, 0.2) is 0 Å². The molecule has 0 aliphatic carbocycles. The van der Waals surface area contributed by atoms with Crippen molar-refractivity contribution in [2.24, 2.45) is 5.92 Å². The van der Waals surface area contributed by atoms with Gasteiger partial charge in [0.2, 0.25) is 0 Å². The highest BCUT2D eigenvalue weighted by Crippen LogP contribution is 2.36. The van der Waals surface area contributed by atoms with E-state index in [0.29, 0.717) is 0 Å². The fourth-order valence-corrected chi connectivity index (χ4v) is 1.51. The maximum atomic E-state index is 10.4. The monoisotopic (exact) mass is 210 g/mol. The molecule has 0 amide bonds. The molecule has 0 spiro atoms. The normalized spacial score (nSPS) is 14.5. The van der Waals surface area contributed by atoms with Crippen LogP contribution in [-0.2, 0) is 9.09 Å². The van der Waals surface area contributed by atoms with Gasteiger partial charge in [-0.1, -0.05) is 33.1 Å². The summed E-state index contributed by atoms with van der Waals surface area (Å²) < 4.78 is 14.8. The van der Waals surface area contributed by atoms with E-state index in [2.05, 4.69) is 11.4 Å². The molecule has 0 unspecified atom stereocenters. The Hall–Kier alpha value is 0.110. The molecule has 0 radical (unpaired) electrons. The summed E-state index contributed by atoms with van der Waals surface area (Å²) in [5, 5.41) is 0. The minimum atomic E-state index is -4.26. The molecule has 0 bridgehead atoms. The molecular formula is C8H19O4P. The van der Waals surface area contributed by atoms with Crippen molar-refractivity contribution in [3.05, 3.63) is 0 Å². The van der Waals surface area contributed by atoms with Crippen LogP contribution in [0.25, 0.3) is 0 Å². The van der Waals surface area contributed by atoms with Crippen LogP contribution in [0.5, 0.6) is 0 Å². The third kappa shape index (κ3) is 8.44. The lowest BCUT2D eigenvalue weighted by Crippen LogP contribution is -2.07. The Bertz CT molecular complexity index is 166. The Balaban J connectivity index is 3.65. The summed E-state index contributed by atoms with van der Waals surface area (Å²) in [7, 11) is -4.26. The molecule has 0 aromatic rings. The highest BCUT2D eigenvalue weighted by Gasteiger charge is 2.16. The van der Waals surface area contributed by atoms with Crippen LogP contribution < -0.4 is 0 Å². The Kier molecular flexibility index (Phi) is 6.60. The summed E-state index contributed by atoms with van der Waals surface area (Å²) in [5.74, 6) is 0.271. The third-order valence-electron chi connectivity index (χ3n) is 2.02. The van der Waals surface area contributed by atoms with Crippen molar-refractivity contribution in [1.82, 2.24) is 0 Å². The summed E-state index contributed by atoms with van der Waals surface area (Å²) in [6.45, 7) is 4.26. The molecule has 0 rings (SSSR count). The molecule has 0 aliphatic heterocycles. The number of phosphoric ester groups is 1. The number of rotatable bonds is 7. The number of phosphoric acid groups is 1. The van der Waals surface area contributed by atoms with Crippen LogP contribution in [0.1, 0.15) is 39.5 Å². The highest BCUT2D eigenvalue weighted by molar-refractivity contribution is 7.46. The van der Waals surface area contributed by atoms with Gasteiger partial charge in [-0.2, -0.15) is 0 Å². The van der Waals surface area contributed by atoms with Crippen LogP contribution in [0, 0.1) is 5.92 Å². The van der Waals surface area contributed by atoms with Gasteiger partial charge in [0, 0.05) is 0 Å². The van der Waals surface area contributed by atoms with Gasteiger partial charge in [-0.25, -0.2) is 4.57 Å². The second-order valence-corrected chi connectivity index (χ2v) is 4.44. The van der Waals surface area contributed by atoms with Gasteiger partial charge in [-0.05, 0) is 12.3 Å². The van der Waals surface area contributed by atoms with Gasteiger partial charge in [-0.3, -0.25) is 4.52 Å². The summed E-state index contributed by atoms with van der Waals surface area (Å²) in [4.78, 5) is 17.0. The minimum Gasteiger partial charge on any atom is -0.303 e. The first-order chi connectivity index (χ1) is 5.99. The van der Waals surface area contributed by atoms with E-state index in [1.807, 2.05) is 6.92 Å². The van der Waals surface area contributed by atoms with Crippen molar-refractivity contribution in [3.8, 4) is 0 Å². The topological polar surface area (TPSA) is 66.8 Å². The second-order valence-electron chi connectivity index (χ2n) is 3.20. The molecule has 0 saturated carbocycles. The fourth-order valence-electron chi connectivity index (χ4n) is 1.10. The Morgan fingerprint density at radius 3 is 2.38 bits per heavy atom. The molecular weight excluding hydrogens is 191 g/mol. The SMILES string of the molecule is CCCC[C@H](CC)COP(=O)(O)O. The predicted molar refractivity (Wildman–Crippen MR) is 51.3 cm³/mol. The quantitative estimate of drug-likeness (QED) is 0.633. The van der Waals surface area contributed by atoms with Gasteiger partial charge in [-0.15, -0.1) is 0 Å². The number of hydrogen-bond donors (Lipinski definition) is 2. The van der Waals surface area contributed by atoms with Crippen molar-refractivity contribution in [2.45, 2.75) is 39.5 Å². The average molecular weight is 210 g/mol. The van der Waals surface area contributed by atoms with Crippen LogP contribution in [-0.4, -0.2) is 16.4 Å². The van der Waals surface area contributed by atoms with E-state index >= 15 is 0 Å². The van der Waals surface area contributed by atoms with Gasteiger partial charge >= 0.3 is 7.82 Å². The number of hydrogen-bond acceptors (Lipinski definition) is 2. The van der Waals surface area contributed by atoms with Crippen LogP contribution >= 0.6 is 7.82 Å². The van der Waals surface area contributed by atoms with Gasteiger partial charge in [0.05, 0.1) is 6.61 Å². The van der Waals surface area contributed by atoms with Gasteiger partial charge in [0.25, 0.3) is 0 Å². The van der Waals surface area contributed by atoms with Gasteiger partial charge < -0.3 is 9.79 Å². The maximum Gasteiger partial charge on any atom is 0.469 e. The lowest BCUT2D eigenvalue weighted by Gasteiger charge is -2.14. The molecule has 13 heavy (non-hydrogen) atoms. The molecule has 1 atom stereocenters. The number of unbranched alkanes of at least 4 members (excludes halogenated alkanes) is 1. The third-order valence-corrected chi connectivity index (χ3v) is 2.51. The summed E-state index contributed by atoms with van der Waals surface area (Å²) in [6.07, 6.45) is 4.07. The zero-order valence-electron chi connectivity index (χ0n) is 8.27. The molecule has 80 valence electrons. The Morgan fingerprint density at radius 1 is 1.38 bits per heavy atom. The maximum absolute atomic E-state index is 10.4. The summed E-state index contributed by atoms with van der Waals surface area (Å²) in [5.41, 5.74) is 0. The van der Waals surface area contributed by atoms with Crippen molar-refractivity contribution in [1.29, 1.82) is 0 Å².